The number of aromatic amines is 1. The first kappa shape index (κ1) is 11.5. The third-order valence-electron chi connectivity index (χ3n) is 2.49. The molecule has 3 rings (SSSR count). The van der Waals surface area contributed by atoms with Crippen molar-refractivity contribution in [3.63, 3.8) is 0 Å². The van der Waals surface area contributed by atoms with Gasteiger partial charge in [-0.1, -0.05) is 23.7 Å². The normalized spacial score (nSPS) is 10.6. The number of halogens is 1. The average Bonchev–Trinajstić information content (AvgIpc) is 2.85. The second-order valence-electron chi connectivity index (χ2n) is 3.76. The minimum absolute atomic E-state index is 0.142. The lowest BCUT2D eigenvalue weighted by molar-refractivity contribution is 1.20. The molecule has 5 N–H and O–H groups in total. The Balaban J connectivity index is 1.90. The zero-order valence-corrected chi connectivity index (χ0v) is 10.4. The van der Waals surface area contributed by atoms with Gasteiger partial charge in [-0.3, -0.25) is 10.9 Å². The molecule has 8 heteroatoms. The number of H-pyrrole nitrogens is 1. The quantitative estimate of drug-likeness (QED) is 0.545. The van der Waals surface area contributed by atoms with Crippen molar-refractivity contribution in [3.8, 4) is 0 Å². The third-order valence-corrected chi connectivity index (χ3v) is 2.82. The Morgan fingerprint density at radius 2 is 2.00 bits per heavy atom. The van der Waals surface area contributed by atoms with E-state index in [2.05, 4.69) is 30.8 Å². The van der Waals surface area contributed by atoms with Crippen LogP contribution in [0.3, 0.4) is 0 Å². The number of hydrazine groups is 1. The number of imidazole rings is 1. The van der Waals surface area contributed by atoms with Crippen molar-refractivity contribution >= 4 is 40.2 Å². The Hall–Kier alpha value is -2.54. The molecule has 0 fully saturated rings. The predicted molar refractivity (Wildman–Crippen MR) is 74.8 cm³/mol. The van der Waals surface area contributed by atoms with E-state index in [0.717, 1.165) is 5.69 Å². The number of hydrogen-bond acceptors (Lipinski definition) is 6. The van der Waals surface area contributed by atoms with E-state index < -0.39 is 0 Å². The summed E-state index contributed by atoms with van der Waals surface area (Å²) < 4.78 is 0. The molecular weight excluding hydrogens is 266 g/mol. The molecule has 0 aliphatic heterocycles. The molecule has 0 saturated carbocycles. The van der Waals surface area contributed by atoms with Gasteiger partial charge in [-0.25, -0.2) is 4.98 Å². The number of anilines is 3. The van der Waals surface area contributed by atoms with E-state index in [1.807, 2.05) is 18.2 Å². The topological polar surface area (TPSA) is 105 Å². The zero-order chi connectivity index (χ0) is 13.2. The molecule has 0 aliphatic carbocycles. The van der Waals surface area contributed by atoms with Gasteiger partial charge in [0.2, 0.25) is 5.95 Å². The predicted octanol–water partition coefficient (Wildman–Crippen LogP) is 2.03. The Morgan fingerprint density at radius 3 is 2.84 bits per heavy atom. The van der Waals surface area contributed by atoms with Crippen LogP contribution in [0.15, 0.2) is 30.6 Å². The van der Waals surface area contributed by atoms with Crippen LogP contribution >= 0.6 is 11.6 Å². The monoisotopic (exact) mass is 275 g/mol. The average molecular weight is 276 g/mol. The largest absolute Gasteiger partial charge is 0.368 e. The van der Waals surface area contributed by atoms with Gasteiger partial charge >= 0.3 is 0 Å². The zero-order valence-electron chi connectivity index (χ0n) is 9.68. The number of nitrogens with one attached hydrogen (secondary N) is 3. The van der Waals surface area contributed by atoms with E-state index in [-0.39, 0.29) is 5.95 Å². The number of aromatic nitrogens is 4. The maximum Gasteiger partial charge on any atom is 0.224 e. The molecule has 0 radical (unpaired) electrons. The molecule has 0 unspecified atom stereocenters. The number of para-hydroxylation sites is 1. The highest BCUT2D eigenvalue weighted by Gasteiger charge is 2.08. The summed E-state index contributed by atoms with van der Waals surface area (Å²) in [4.78, 5) is 15.1. The summed E-state index contributed by atoms with van der Waals surface area (Å²) in [6.07, 6.45) is 1.53. The van der Waals surface area contributed by atoms with Gasteiger partial charge in [0.1, 0.15) is 5.52 Å². The Kier molecular flexibility index (Phi) is 2.81. The second-order valence-corrected chi connectivity index (χ2v) is 4.17. The van der Waals surface area contributed by atoms with E-state index >= 15 is 0 Å². The molecule has 0 aliphatic rings. The molecule has 3 aromatic rings. The van der Waals surface area contributed by atoms with Crippen LogP contribution in [-0.2, 0) is 0 Å². The van der Waals surface area contributed by atoms with E-state index in [9.17, 15) is 0 Å². The molecule has 7 nitrogen and oxygen atoms in total. The van der Waals surface area contributed by atoms with Crippen LogP contribution in [0.2, 0.25) is 5.02 Å². The van der Waals surface area contributed by atoms with Gasteiger partial charge in [0.25, 0.3) is 0 Å². The van der Waals surface area contributed by atoms with Gasteiger partial charge in [-0.2, -0.15) is 9.97 Å². The molecule has 19 heavy (non-hydrogen) atoms. The van der Waals surface area contributed by atoms with Gasteiger partial charge in [0, 0.05) is 0 Å². The van der Waals surface area contributed by atoms with Crippen molar-refractivity contribution in [1.82, 2.24) is 19.9 Å². The third kappa shape index (κ3) is 2.23. The summed E-state index contributed by atoms with van der Waals surface area (Å²) in [5.41, 5.74) is 13.4. The minimum atomic E-state index is 0.142. The first-order valence-electron chi connectivity index (χ1n) is 5.47. The molecule has 0 bridgehead atoms. The second kappa shape index (κ2) is 4.62. The molecule has 96 valence electrons. The maximum atomic E-state index is 6.04. The SMILES string of the molecule is Nc1nc(NNc2ccccc2Cl)c2[nH]cnc2n1. The van der Waals surface area contributed by atoms with E-state index in [1.54, 1.807) is 6.07 Å². The summed E-state index contributed by atoms with van der Waals surface area (Å²) in [7, 11) is 0. The van der Waals surface area contributed by atoms with Crippen LogP contribution in [0.5, 0.6) is 0 Å². The van der Waals surface area contributed by atoms with E-state index in [4.69, 9.17) is 17.3 Å². The highest BCUT2D eigenvalue weighted by Crippen LogP contribution is 2.22. The van der Waals surface area contributed by atoms with Crippen LogP contribution in [0.4, 0.5) is 17.5 Å². The number of nitrogens with zero attached hydrogens (tertiary/aromatic N) is 3. The summed E-state index contributed by atoms with van der Waals surface area (Å²) in [6.45, 7) is 0. The molecule has 0 atom stereocenters. The summed E-state index contributed by atoms with van der Waals surface area (Å²) in [5, 5.41) is 0.595. The fourth-order valence-electron chi connectivity index (χ4n) is 1.63. The minimum Gasteiger partial charge on any atom is -0.368 e. The van der Waals surface area contributed by atoms with Gasteiger partial charge in [-0.15, -0.1) is 0 Å². The molecule has 1 aromatic carbocycles. The number of hydrogen-bond donors (Lipinski definition) is 4. The van der Waals surface area contributed by atoms with Crippen molar-refractivity contribution in [1.29, 1.82) is 0 Å². The highest BCUT2D eigenvalue weighted by molar-refractivity contribution is 6.33. The van der Waals surface area contributed by atoms with Crippen LogP contribution in [-0.4, -0.2) is 19.9 Å². The lowest BCUT2D eigenvalue weighted by Crippen LogP contribution is -2.12. The van der Waals surface area contributed by atoms with Crippen LogP contribution < -0.4 is 16.6 Å². The fourth-order valence-corrected chi connectivity index (χ4v) is 1.81. The van der Waals surface area contributed by atoms with Gasteiger partial charge in [0.15, 0.2) is 11.5 Å². The molecule has 0 amide bonds. The van der Waals surface area contributed by atoms with Gasteiger partial charge < -0.3 is 10.7 Å². The number of nitrogens with two attached hydrogens (primary N) is 1. The maximum absolute atomic E-state index is 6.04. The molecule has 2 aromatic heterocycles. The lowest BCUT2D eigenvalue weighted by atomic mass is 10.3. The Bertz CT molecular complexity index is 724. The van der Waals surface area contributed by atoms with Crippen molar-refractivity contribution in [3.05, 3.63) is 35.6 Å². The summed E-state index contributed by atoms with van der Waals surface area (Å²) in [6, 6.07) is 7.34. The molecule has 0 saturated heterocycles. The smallest absolute Gasteiger partial charge is 0.224 e. The number of nitrogen functional groups attached to an aromatic ring is 1. The lowest BCUT2D eigenvalue weighted by Gasteiger charge is -2.10. The molecular formula is C11H10ClN7. The standard InChI is InChI=1S/C11H10ClN7/c12-6-3-1-2-4-7(6)18-19-10-8-9(15-5-14-8)16-11(13)17-10/h1-5,18H,(H4,13,14,15,16,17,19). The number of fused-ring (bicyclic) bond motifs is 1. The number of benzene rings is 1. The van der Waals surface area contributed by atoms with E-state index in [0.29, 0.717) is 22.0 Å². The van der Waals surface area contributed by atoms with Crippen molar-refractivity contribution in [2.45, 2.75) is 0 Å². The van der Waals surface area contributed by atoms with Gasteiger partial charge in [-0.05, 0) is 12.1 Å². The highest BCUT2D eigenvalue weighted by atomic mass is 35.5. The van der Waals surface area contributed by atoms with Gasteiger partial charge in [0.05, 0.1) is 17.0 Å². The Labute approximate surface area is 113 Å². The van der Waals surface area contributed by atoms with Crippen molar-refractivity contribution in [2.75, 3.05) is 16.6 Å². The number of rotatable bonds is 3. The fraction of sp³-hybridized carbons (Fsp3) is 0. The van der Waals surface area contributed by atoms with Crippen molar-refractivity contribution < 1.29 is 0 Å². The van der Waals surface area contributed by atoms with Crippen molar-refractivity contribution in [2.24, 2.45) is 0 Å². The van der Waals surface area contributed by atoms with E-state index in [1.165, 1.54) is 6.33 Å². The first-order chi connectivity index (χ1) is 9.24. The summed E-state index contributed by atoms with van der Waals surface area (Å²) in [5.74, 6) is 0.642. The molecule has 0 spiro atoms. The van der Waals surface area contributed by atoms with Crippen LogP contribution in [0, 0.1) is 0 Å². The summed E-state index contributed by atoms with van der Waals surface area (Å²) >= 11 is 6.04. The Morgan fingerprint density at radius 1 is 1.16 bits per heavy atom. The first-order valence-corrected chi connectivity index (χ1v) is 5.85. The van der Waals surface area contributed by atoms with Crippen LogP contribution in [0.1, 0.15) is 0 Å². The van der Waals surface area contributed by atoms with Crippen LogP contribution in [0.25, 0.3) is 11.2 Å². The molecule has 2 heterocycles.